The van der Waals surface area contributed by atoms with E-state index in [0.29, 0.717) is 16.3 Å². The molecule has 0 spiro atoms. The zero-order chi connectivity index (χ0) is 30.3. The molecule has 12 heteroatoms. The van der Waals surface area contributed by atoms with Crippen molar-refractivity contribution in [1.29, 1.82) is 0 Å². The summed E-state index contributed by atoms with van der Waals surface area (Å²) in [6.45, 7) is 0.278. The fraction of sp³-hybridized carbons (Fsp3) is 0.0323. The van der Waals surface area contributed by atoms with E-state index < -0.39 is 5.97 Å². The molecule has 43 heavy (non-hydrogen) atoms. The lowest BCUT2D eigenvalue weighted by molar-refractivity contribution is 0.0696. The van der Waals surface area contributed by atoms with E-state index in [0.717, 1.165) is 41.2 Å². The second-order valence-corrected chi connectivity index (χ2v) is 12.4. The summed E-state index contributed by atoms with van der Waals surface area (Å²) < 4.78 is 7.51. The van der Waals surface area contributed by atoms with Crippen molar-refractivity contribution < 1.29 is 19.4 Å². The topological polar surface area (TPSA) is 113 Å². The van der Waals surface area contributed by atoms with E-state index >= 15 is 0 Å². The first-order chi connectivity index (χ1) is 20.7. The number of aromatic carboxylic acids is 1. The highest BCUT2D eigenvalue weighted by Gasteiger charge is 2.11. The number of thiazole rings is 1. The zero-order valence-electron chi connectivity index (χ0n) is 22.1. The van der Waals surface area contributed by atoms with Gasteiger partial charge in [0.05, 0.1) is 25.5 Å². The van der Waals surface area contributed by atoms with Crippen LogP contribution in [0, 0.1) is 3.57 Å². The number of carboxylic acid groups (broad SMARTS) is 1. The predicted molar refractivity (Wildman–Crippen MR) is 182 cm³/mol. The maximum absolute atomic E-state index is 12.7. The van der Waals surface area contributed by atoms with Gasteiger partial charge in [0.15, 0.2) is 5.13 Å². The van der Waals surface area contributed by atoms with Crippen LogP contribution in [0.25, 0.3) is 11.3 Å². The van der Waals surface area contributed by atoms with Crippen LogP contribution in [0.1, 0.15) is 31.8 Å². The van der Waals surface area contributed by atoms with Crippen molar-refractivity contribution in [3.63, 3.8) is 0 Å². The fourth-order valence-electron chi connectivity index (χ4n) is 3.83. The van der Waals surface area contributed by atoms with E-state index in [1.165, 1.54) is 11.3 Å². The number of amides is 1. The highest BCUT2D eigenvalue weighted by molar-refractivity contribution is 14.1. The van der Waals surface area contributed by atoms with Gasteiger partial charge in [0, 0.05) is 27.2 Å². The average Bonchev–Trinajstić information content (AvgIpc) is 3.46. The third-order valence-corrected chi connectivity index (χ3v) is 8.43. The molecule has 1 heterocycles. The van der Waals surface area contributed by atoms with Crippen molar-refractivity contribution in [2.24, 2.45) is 5.10 Å². The van der Waals surface area contributed by atoms with Crippen molar-refractivity contribution in [2.75, 3.05) is 5.32 Å². The summed E-state index contributed by atoms with van der Waals surface area (Å²) in [4.78, 5) is 28.3. The normalized spacial score (nSPS) is 11.0. The molecule has 0 bridgehead atoms. The lowest BCUT2D eigenvalue weighted by atomic mass is 10.1. The van der Waals surface area contributed by atoms with Crippen molar-refractivity contribution in [3.8, 4) is 17.0 Å². The SMILES string of the molecule is O=C(O)c1ccc(COc2c(Br)cc(/C=N\NC(=O)c3ccc(-c4csc(Nc5ccc(Cl)cc5)n4)cc3)cc2I)cc1. The summed E-state index contributed by atoms with van der Waals surface area (Å²) in [6.07, 6.45) is 1.55. The molecule has 1 aromatic heterocycles. The van der Waals surface area contributed by atoms with Gasteiger partial charge in [-0.2, -0.15) is 5.10 Å². The molecule has 0 atom stereocenters. The Balaban J connectivity index is 1.15. The Labute approximate surface area is 278 Å². The Kier molecular flexibility index (Phi) is 10.1. The molecule has 0 aliphatic carbocycles. The Hall–Kier alpha value is -3.78. The van der Waals surface area contributed by atoms with E-state index in [1.54, 1.807) is 42.6 Å². The number of hydrogen-bond donors (Lipinski definition) is 3. The van der Waals surface area contributed by atoms with Crippen LogP contribution < -0.4 is 15.5 Å². The van der Waals surface area contributed by atoms with Crippen LogP contribution in [0.5, 0.6) is 5.75 Å². The van der Waals surface area contributed by atoms with Gasteiger partial charge in [0.25, 0.3) is 5.91 Å². The Bertz CT molecular complexity index is 1770. The van der Waals surface area contributed by atoms with Crippen LogP contribution in [0.2, 0.25) is 5.02 Å². The van der Waals surface area contributed by atoms with Crippen molar-refractivity contribution in [1.82, 2.24) is 10.4 Å². The summed E-state index contributed by atoms with van der Waals surface area (Å²) in [5.41, 5.74) is 7.44. The van der Waals surface area contributed by atoms with Crippen molar-refractivity contribution in [3.05, 3.63) is 126 Å². The molecule has 8 nitrogen and oxygen atoms in total. The number of aromatic nitrogens is 1. The Morgan fingerprint density at radius 1 is 1.02 bits per heavy atom. The maximum atomic E-state index is 12.7. The molecule has 0 saturated carbocycles. The van der Waals surface area contributed by atoms with Gasteiger partial charge >= 0.3 is 5.97 Å². The van der Waals surface area contributed by atoms with E-state index in [4.69, 9.17) is 21.4 Å². The molecule has 5 aromatic rings. The van der Waals surface area contributed by atoms with E-state index in [1.807, 2.05) is 53.9 Å². The van der Waals surface area contributed by atoms with Crippen LogP contribution in [-0.4, -0.2) is 28.2 Å². The number of hydrazone groups is 1. The van der Waals surface area contributed by atoms with E-state index in [-0.39, 0.29) is 18.1 Å². The summed E-state index contributed by atoms with van der Waals surface area (Å²) in [5.74, 6) is -0.660. The first kappa shape index (κ1) is 30.7. The third kappa shape index (κ3) is 8.20. The Morgan fingerprint density at radius 2 is 1.72 bits per heavy atom. The minimum Gasteiger partial charge on any atom is -0.487 e. The van der Waals surface area contributed by atoms with Crippen LogP contribution in [0.3, 0.4) is 0 Å². The minimum atomic E-state index is -0.971. The predicted octanol–water partition coefficient (Wildman–Crippen LogP) is 8.62. The van der Waals surface area contributed by atoms with Crippen molar-refractivity contribution in [2.45, 2.75) is 6.61 Å². The van der Waals surface area contributed by atoms with Gasteiger partial charge in [-0.15, -0.1) is 11.3 Å². The monoisotopic (exact) mass is 786 g/mol. The van der Waals surface area contributed by atoms with Gasteiger partial charge < -0.3 is 15.2 Å². The summed E-state index contributed by atoms with van der Waals surface area (Å²) in [7, 11) is 0. The molecule has 1 amide bonds. The molecular formula is C31H21BrClIN4O4S. The number of benzene rings is 4. The van der Waals surface area contributed by atoms with E-state index in [9.17, 15) is 9.59 Å². The van der Waals surface area contributed by atoms with Crippen molar-refractivity contribution >= 4 is 90.4 Å². The number of carbonyl (C=O) groups excluding carboxylic acids is 1. The molecule has 0 fully saturated rings. The van der Waals surface area contributed by atoms with Gasteiger partial charge in [-0.05, 0) is 110 Å². The first-order valence-electron chi connectivity index (χ1n) is 12.6. The number of ether oxygens (including phenoxy) is 1. The number of halogens is 3. The Morgan fingerprint density at radius 3 is 2.40 bits per heavy atom. The maximum Gasteiger partial charge on any atom is 0.335 e. The van der Waals surface area contributed by atoms with Gasteiger partial charge in [-0.25, -0.2) is 15.2 Å². The fourth-order valence-corrected chi connectivity index (χ4v) is 6.47. The molecule has 4 aromatic carbocycles. The highest BCUT2D eigenvalue weighted by atomic mass is 127. The number of carbonyl (C=O) groups is 2. The summed E-state index contributed by atoms with van der Waals surface area (Å²) >= 11 is 13.1. The molecule has 0 aliphatic rings. The second kappa shape index (κ2) is 14.1. The van der Waals surface area contributed by atoms with Crippen LogP contribution in [0.4, 0.5) is 10.8 Å². The number of anilines is 2. The minimum absolute atomic E-state index is 0.223. The summed E-state index contributed by atoms with van der Waals surface area (Å²) in [6, 6.07) is 24.8. The van der Waals surface area contributed by atoms with Crippen LogP contribution >= 0.6 is 61.5 Å². The smallest absolute Gasteiger partial charge is 0.335 e. The second-order valence-electron chi connectivity index (χ2n) is 9.05. The summed E-state index contributed by atoms with van der Waals surface area (Å²) in [5, 5.41) is 19.8. The molecule has 3 N–H and O–H groups in total. The molecule has 0 unspecified atom stereocenters. The third-order valence-electron chi connectivity index (χ3n) is 6.03. The molecule has 216 valence electrons. The molecule has 0 aliphatic heterocycles. The number of nitrogens with one attached hydrogen (secondary N) is 2. The standard InChI is InChI=1S/C31H21BrClIN4O4S/c32-25-13-19(14-26(34)28(25)42-16-18-1-3-22(4-2-18)30(40)41)15-35-38-29(39)21-7-5-20(6-8-21)27-17-43-31(37-27)36-24-11-9-23(33)10-12-24/h1-15,17H,16H2,(H,36,37)(H,38,39)(H,40,41)/b35-15-. The average molecular weight is 788 g/mol. The number of nitrogens with zero attached hydrogens (tertiary/aromatic N) is 2. The highest BCUT2D eigenvalue weighted by Crippen LogP contribution is 2.32. The number of hydrogen-bond acceptors (Lipinski definition) is 7. The lowest BCUT2D eigenvalue weighted by Gasteiger charge is -2.11. The van der Waals surface area contributed by atoms with Gasteiger partial charge in [-0.3, -0.25) is 4.79 Å². The van der Waals surface area contributed by atoms with E-state index in [2.05, 4.69) is 59.3 Å². The number of carboxylic acids is 1. The largest absolute Gasteiger partial charge is 0.487 e. The molecular weight excluding hydrogens is 767 g/mol. The molecule has 0 saturated heterocycles. The van der Waals surface area contributed by atoms with Crippen LogP contribution in [0.15, 0.2) is 99.9 Å². The van der Waals surface area contributed by atoms with Gasteiger partial charge in [-0.1, -0.05) is 35.9 Å². The van der Waals surface area contributed by atoms with Gasteiger partial charge in [0.1, 0.15) is 12.4 Å². The molecule has 5 rings (SSSR count). The lowest BCUT2D eigenvalue weighted by Crippen LogP contribution is -2.17. The zero-order valence-corrected chi connectivity index (χ0v) is 27.4. The quantitative estimate of drug-likeness (QED) is 0.0743. The van der Waals surface area contributed by atoms with Gasteiger partial charge in [0.2, 0.25) is 0 Å². The molecule has 0 radical (unpaired) electrons. The van der Waals surface area contributed by atoms with Crippen LogP contribution in [-0.2, 0) is 6.61 Å². The first-order valence-corrected chi connectivity index (χ1v) is 15.7. The number of rotatable bonds is 10.